The number of halogens is 2. The fourth-order valence-electron chi connectivity index (χ4n) is 2.13. The smallest absolute Gasteiger partial charge is 0.134 e. The minimum atomic E-state index is -0.824. The predicted molar refractivity (Wildman–Crippen MR) is 77.9 cm³/mol. The number of rotatable bonds is 3. The third kappa shape index (κ3) is 2.65. The predicted octanol–water partition coefficient (Wildman–Crippen LogP) is 3.39. The Morgan fingerprint density at radius 3 is 2.45 bits per heavy atom. The van der Waals surface area contributed by atoms with Crippen LogP contribution in [-0.2, 0) is 0 Å². The average molecular weight is 276 g/mol. The maximum Gasteiger partial charge on any atom is 0.134 e. The third-order valence-electron chi connectivity index (χ3n) is 3.38. The normalized spacial score (nSPS) is 12.3. The number of hydrogen-bond acceptors (Lipinski definition) is 2. The molecule has 0 radical (unpaired) electrons. The summed E-state index contributed by atoms with van der Waals surface area (Å²) in [5, 5.41) is 0. The van der Waals surface area contributed by atoms with Gasteiger partial charge < -0.3 is 10.6 Å². The van der Waals surface area contributed by atoms with Crippen LogP contribution in [0.25, 0.3) is 0 Å². The monoisotopic (exact) mass is 276 g/mol. The Morgan fingerprint density at radius 1 is 1.10 bits per heavy atom. The van der Waals surface area contributed by atoms with Crippen molar-refractivity contribution in [2.24, 2.45) is 5.73 Å². The number of aryl methyl sites for hydroxylation is 1. The molecule has 0 aliphatic carbocycles. The Labute approximate surface area is 117 Å². The topological polar surface area (TPSA) is 29.3 Å². The SMILES string of the molecule is Cc1ccc(F)c(C(N)c2cccc(N(C)C)c2)c1F. The number of nitrogens with zero attached hydrogens (tertiary/aromatic N) is 1. The van der Waals surface area contributed by atoms with Crippen LogP contribution in [0.4, 0.5) is 14.5 Å². The fourth-order valence-corrected chi connectivity index (χ4v) is 2.13. The Bertz CT molecular complexity index is 624. The molecule has 2 aromatic rings. The lowest BCUT2D eigenvalue weighted by Gasteiger charge is -2.18. The summed E-state index contributed by atoms with van der Waals surface area (Å²) in [7, 11) is 3.80. The summed E-state index contributed by atoms with van der Waals surface area (Å²) in [6.07, 6.45) is 0. The summed E-state index contributed by atoms with van der Waals surface area (Å²) in [6, 6.07) is 9.20. The van der Waals surface area contributed by atoms with Crippen molar-refractivity contribution >= 4 is 5.69 Å². The summed E-state index contributed by atoms with van der Waals surface area (Å²) in [6.45, 7) is 1.60. The summed E-state index contributed by atoms with van der Waals surface area (Å²) in [5.41, 5.74) is 7.98. The Hall–Kier alpha value is -1.94. The molecule has 0 aromatic heterocycles. The van der Waals surface area contributed by atoms with Gasteiger partial charge in [-0.1, -0.05) is 18.2 Å². The van der Waals surface area contributed by atoms with Crippen molar-refractivity contribution < 1.29 is 8.78 Å². The van der Waals surface area contributed by atoms with Crippen molar-refractivity contribution in [2.45, 2.75) is 13.0 Å². The number of hydrogen-bond donors (Lipinski definition) is 1. The van der Waals surface area contributed by atoms with Crippen LogP contribution in [0.5, 0.6) is 0 Å². The molecule has 4 heteroatoms. The highest BCUT2D eigenvalue weighted by molar-refractivity contribution is 5.49. The standard InChI is InChI=1S/C16H18F2N2/c1-10-7-8-13(17)14(15(10)18)16(19)11-5-4-6-12(9-11)20(2)3/h4-9,16H,19H2,1-3H3. The molecule has 2 rings (SSSR count). The molecule has 0 heterocycles. The first kappa shape index (κ1) is 14.5. The van der Waals surface area contributed by atoms with Crippen LogP contribution >= 0.6 is 0 Å². The van der Waals surface area contributed by atoms with Crippen molar-refractivity contribution in [1.29, 1.82) is 0 Å². The summed E-state index contributed by atoms with van der Waals surface area (Å²) >= 11 is 0. The first-order chi connectivity index (χ1) is 9.41. The molecule has 0 spiro atoms. The largest absolute Gasteiger partial charge is 0.378 e. The molecule has 2 aromatic carbocycles. The highest BCUT2D eigenvalue weighted by Gasteiger charge is 2.20. The fraction of sp³-hybridized carbons (Fsp3) is 0.250. The van der Waals surface area contributed by atoms with Gasteiger partial charge in [-0.2, -0.15) is 0 Å². The van der Waals surface area contributed by atoms with Gasteiger partial charge in [0.2, 0.25) is 0 Å². The number of nitrogens with two attached hydrogens (primary N) is 1. The van der Waals surface area contributed by atoms with Gasteiger partial charge in [-0.15, -0.1) is 0 Å². The molecule has 0 aliphatic heterocycles. The van der Waals surface area contributed by atoms with Gasteiger partial charge in [0.05, 0.1) is 6.04 Å². The van der Waals surface area contributed by atoms with E-state index < -0.39 is 17.7 Å². The highest BCUT2D eigenvalue weighted by atomic mass is 19.1. The van der Waals surface area contributed by atoms with Crippen LogP contribution in [0, 0.1) is 18.6 Å². The molecular formula is C16H18F2N2. The number of anilines is 1. The zero-order valence-electron chi connectivity index (χ0n) is 11.8. The van der Waals surface area contributed by atoms with Crippen LogP contribution in [-0.4, -0.2) is 14.1 Å². The van der Waals surface area contributed by atoms with Crippen molar-refractivity contribution in [3.8, 4) is 0 Å². The molecule has 0 saturated carbocycles. The summed E-state index contributed by atoms with van der Waals surface area (Å²) in [5.74, 6) is -1.19. The number of benzene rings is 2. The molecule has 0 aliphatic rings. The molecule has 0 amide bonds. The second-order valence-electron chi connectivity index (χ2n) is 5.06. The minimum Gasteiger partial charge on any atom is -0.378 e. The Kier molecular flexibility index (Phi) is 4.04. The van der Waals surface area contributed by atoms with E-state index in [2.05, 4.69) is 0 Å². The Balaban J connectivity index is 2.49. The van der Waals surface area contributed by atoms with Crippen LogP contribution in [0.2, 0.25) is 0 Å². The highest BCUT2D eigenvalue weighted by Crippen LogP contribution is 2.28. The maximum atomic E-state index is 14.1. The molecule has 106 valence electrons. The Morgan fingerprint density at radius 2 is 1.80 bits per heavy atom. The van der Waals surface area contributed by atoms with E-state index >= 15 is 0 Å². The first-order valence-corrected chi connectivity index (χ1v) is 6.39. The molecule has 0 saturated heterocycles. The van der Waals surface area contributed by atoms with Crippen molar-refractivity contribution in [2.75, 3.05) is 19.0 Å². The van der Waals surface area contributed by atoms with E-state index in [-0.39, 0.29) is 5.56 Å². The molecule has 0 bridgehead atoms. The van der Waals surface area contributed by atoms with Crippen molar-refractivity contribution in [3.05, 3.63) is 64.7 Å². The lowest BCUT2D eigenvalue weighted by Crippen LogP contribution is -2.17. The minimum absolute atomic E-state index is 0.0825. The van der Waals surface area contributed by atoms with Gasteiger partial charge in [0.1, 0.15) is 11.6 Å². The van der Waals surface area contributed by atoms with Gasteiger partial charge in [-0.05, 0) is 36.2 Å². The van der Waals surface area contributed by atoms with E-state index in [1.54, 1.807) is 13.0 Å². The molecule has 1 unspecified atom stereocenters. The summed E-state index contributed by atoms with van der Waals surface area (Å²) < 4.78 is 28.0. The zero-order chi connectivity index (χ0) is 14.9. The quantitative estimate of drug-likeness (QED) is 0.931. The van der Waals surface area contributed by atoms with E-state index in [9.17, 15) is 8.78 Å². The van der Waals surface area contributed by atoms with E-state index in [1.807, 2.05) is 37.2 Å². The molecule has 20 heavy (non-hydrogen) atoms. The van der Waals surface area contributed by atoms with Gasteiger partial charge in [0.25, 0.3) is 0 Å². The van der Waals surface area contributed by atoms with Crippen molar-refractivity contribution in [1.82, 2.24) is 0 Å². The van der Waals surface area contributed by atoms with Crippen LogP contribution < -0.4 is 10.6 Å². The lowest BCUT2D eigenvalue weighted by atomic mass is 9.96. The van der Waals surface area contributed by atoms with Gasteiger partial charge in [-0.25, -0.2) is 8.78 Å². The van der Waals surface area contributed by atoms with Crippen LogP contribution in [0.1, 0.15) is 22.7 Å². The third-order valence-corrected chi connectivity index (χ3v) is 3.38. The van der Waals surface area contributed by atoms with Crippen molar-refractivity contribution in [3.63, 3.8) is 0 Å². The van der Waals surface area contributed by atoms with Gasteiger partial charge in [0.15, 0.2) is 0 Å². The van der Waals surface area contributed by atoms with Gasteiger partial charge in [0, 0.05) is 25.3 Å². The average Bonchev–Trinajstić information content (AvgIpc) is 2.43. The van der Waals surface area contributed by atoms with E-state index in [1.165, 1.54) is 12.1 Å². The molecular weight excluding hydrogens is 258 g/mol. The van der Waals surface area contributed by atoms with Gasteiger partial charge >= 0.3 is 0 Å². The van der Waals surface area contributed by atoms with E-state index in [4.69, 9.17) is 5.73 Å². The lowest BCUT2D eigenvalue weighted by molar-refractivity contribution is 0.538. The molecule has 2 N–H and O–H groups in total. The second kappa shape index (κ2) is 5.59. The maximum absolute atomic E-state index is 14.1. The second-order valence-corrected chi connectivity index (χ2v) is 5.06. The molecule has 0 fully saturated rings. The zero-order valence-corrected chi connectivity index (χ0v) is 11.8. The van der Waals surface area contributed by atoms with Gasteiger partial charge in [-0.3, -0.25) is 0 Å². The molecule has 2 nitrogen and oxygen atoms in total. The van der Waals surface area contributed by atoms with E-state index in [0.29, 0.717) is 11.1 Å². The van der Waals surface area contributed by atoms with E-state index in [0.717, 1.165) is 5.69 Å². The van der Waals surface area contributed by atoms with Crippen LogP contribution in [0.15, 0.2) is 36.4 Å². The molecule has 1 atom stereocenters. The summed E-state index contributed by atoms with van der Waals surface area (Å²) in [4.78, 5) is 1.92. The first-order valence-electron chi connectivity index (χ1n) is 6.39. The van der Waals surface area contributed by atoms with Crippen LogP contribution in [0.3, 0.4) is 0 Å².